The molecule has 24 heavy (non-hydrogen) atoms. The Labute approximate surface area is 144 Å². The number of hydrogen-bond acceptors (Lipinski definition) is 4. The third kappa shape index (κ3) is 3.90. The van der Waals surface area contributed by atoms with E-state index in [4.69, 9.17) is 4.74 Å². The van der Waals surface area contributed by atoms with E-state index < -0.39 is 6.10 Å². The minimum Gasteiger partial charge on any atom is -0.497 e. The lowest BCUT2D eigenvalue weighted by molar-refractivity contribution is -0.129. The van der Waals surface area contributed by atoms with Crippen molar-refractivity contribution in [2.24, 2.45) is 0 Å². The van der Waals surface area contributed by atoms with Crippen LogP contribution in [0.25, 0.3) is 0 Å². The average Bonchev–Trinajstić information content (AvgIpc) is 3.14. The van der Waals surface area contributed by atoms with E-state index in [9.17, 15) is 9.90 Å². The minimum atomic E-state index is -0.468. The maximum atomic E-state index is 11.7. The molecule has 0 aliphatic carbocycles. The number of rotatable bonds is 6. The number of benzene rings is 1. The topological polar surface area (TPSA) is 53.0 Å². The molecule has 2 heterocycles. The molecule has 2 aliphatic heterocycles. The van der Waals surface area contributed by atoms with E-state index in [1.807, 2.05) is 12.1 Å². The highest BCUT2D eigenvalue weighted by molar-refractivity contribution is 5.78. The Morgan fingerprint density at radius 2 is 2.04 bits per heavy atom. The van der Waals surface area contributed by atoms with Crippen molar-refractivity contribution < 1.29 is 14.6 Å². The van der Waals surface area contributed by atoms with Gasteiger partial charge in [-0.15, -0.1) is 0 Å². The lowest BCUT2D eigenvalue weighted by Crippen LogP contribution is -2.41. The third-order valence-electron chi connectivity index (χ3n) is 5.34. The van der Waals surface area contributed by atoms with Gasteiger partial charge >= 0.3 is 0 Å². The molecule has 0 saturated carbocycles. The minimum absolute atomic E-state index is 0.180. The van der Waals surface area contributed by atoms with Gasteiger partial charge in [-0.3, -0.25) is 9.69 Å². The zero-order valence-electron chi connectivity index (χ0n) is 14.6. The molecule has 3 rings (SSSR count). The monoisotopic (exact) mass is 332 g/mol. The standard InChI is InChI=1S/C19H28N2O3/c1-14-10-16(15-5-7-18(24-2)8-6-15)11-21(14)13-17(22)12-20-9-3-4-19(20)23/h5-8,14,16-17,22H,3-4,9-13H2,1-2H3. The van der Waals surface area contributed by atoms with Crippen LogP contribution < -0.4 is 4.74 Å². The summed E-state index contributed by atoms with van der Waals surface area (Å²) in [4.78, 5) is 15.8. The van der Waals surface area contributed by atoms with Gasteiger partial charge in [-0.2, -0.15) is 0 Å². The van der Waals surface area contributed by atoms with Gasteiger partial charge in [-0.05, 0) is 43.4 Å². The number of nitrogens with zero attached hydrogens (tertiary/aromatic N) is 2. The fourth-order valence-electron chi connectivity index (χ4n) is 3.95. The van der Waals surface area contributed by atoms with Gasteiger partial charge in [0.1, 0.15) is 5.75 Å². The smallest absolute Gasteiger partial charge is 0.222 e. The lowest BCUT2D eigenvalue weighted by atomic mass is 9.97. The van der Waals surface area contributed by atoms with E-state index in [1.54, 1.807) is 12.0 Å². The highest BCUT2D eigenvalue weighted by Crippen LogP contribution is 2.32. The van der Waals surface area contributed by atoms with Gasteiger partial charge in [0.05, 0.1) is 13.2 Å². The number of aliphatic hydroxyl groups is 1. The lowest BCUT2D eigenvalue weighted by Gasteiger charge is -2.27. The van der Waals surface area contributed by atoms with Crippen LogP contribution in [-0.2, 0) is 4.79 Å². The maximum absolute atomic E-state index is 11.7. The van der Waals surface area contributed by atoms with Crippen LogP contribution in [0.5, 0.6) is 5.75 Å². The average molecular weight is 332 g/mol. The van der Waals surface area contributed by atoms with Gasteiger partial charge in [-0.1, -0.05) is 12.1 Å². The van der Waals surface area contributed by atoms with Crippen molar-refractivity contribution in [3.8, 4) is 5.75 Å². The molecule has 0 spiro atoms. The van der Waals surface area contributed by atoms with Crippen molar-refractivity contribution in [2.45, 2.75) is 44.2 Å². The van der Waals surface area contributed by atoms with E-state index in [2.05, 4.69) is 24.0 Å². The predicted molar refractivity (Wildman–Crippen MR) is 93.2 cm³/mol. The summed E-state index contributed by atoms with van der Waals surface area (Å²) in [6, 6.07) is 8.74. The second kappa shape index (κ2) is 7.53. The van der Waals surface area contributed by atoms with Crippen molar-refractivity contribution in [3.05, 3.63) is 29.8 Å². The molecule has 3 atom stereocenters. The molecule has 1 aromatic carbocycles. The Morgan fingerprint density at radius 1 is 1.29 bits per heavy atom. The molecule has 1 aromatic rings. The third-order valence-corrected chi connectivity index (χ3v) is 5.34. The maximum Gasteiger partial charge on any atom is 0.222 e. The first kappa shape index (κ1) is 17.2. The van der Waals surface area contributed by atoms with Crippen LogP contribution in [0.1, 0.15) is 37.7 Å². The number of carbonyl (C=O) groups excluding carboxylic acids is 1. The second-order valence-electron chi connectivity index (χ2n) is 7.11. The van der Waals surface area contributed by atoms with Gasteiger partial charge in [0, 0.05) is 38.6 Å². The van der Waals surface area contributed by atoms with E-state index in [0.717, 1.165) is 31.7 Å². The number of aliphatic hydroxyl groups excluding tert-OH is 1. The molecule has 1 amide bonds. The van der Waals surface area contributed by atoms with Crippen LogP contribution in [0.3, 0.4) is 0 Å². The van der Waals surface area contributed by atoms with Gasteiger partial charge in [0.2, 0.25) is 5.91 Å². The summed E-state index contributed by atoms with van der Waals surface area (Å²) in [5.41, 5.74) is 1.33. The Hall–Kier alpha value is -1.59. The number of likely N-dealkylation sites (tertiary alicyclic amines) is 2. The summed E-state index contributed by atoms with van der Waals surface area (Å²) in [5.74, 6) is 1.55. The molecule has 3 unspecified atom stereocenters. The summed E-state index contributed by atoms with van der Waals surface area (Å²) in [6.07, 6.45) is 2.18. The van der Waals surface area contributed by atoms with Crippen molar-refractivity contribution >= 4 is 5.91 Å². The molecule has 1 N–H and O–H groups in total. The molecule has 5 heteroatoms. The van der Waals surface area contributed by atoms with Crippen molar-refractivity contribution in [2.75, 3.05) is 33.3 Å². The van der Waals surface area contributed by atoms with Gasteiger partial charge in [0.15, 0.2) is 0 Å². The van der Waals surface area contributed by atoms with Crippen molar-refractivity contribution in [3.63, 3.8) is 0 Å². The van der Waals surface area contributed by atoms with Crippen LogP contribution in [-0.4, -0.2) is 66.2 Å². The van der Waals surface area contributed by atoms with E-state index >= 15 is 0 Å². The fourth-order valence-corrected chi connectivity index (χ4v) is 3.95. The highest BCUT2D eigenvalue weighted by Gasteiger charge is 2.32. The van der Waals surface area contributed by atoms with Crippen molar-refractivity contribution in [1.29, 1.82) is 0 Å². The van der Waals surface area contributed by atoms with Gasteiger partial charge < -0.3 is 14.7 Å². The van der Waals surface area contributed by atoms with Crippen molar-refractivity contribution in [1.82, 2.24) is 9.80 Å². The first-order valence-corrected chi connectivity index (χ1v) is 8.90. The number of β-amino-alcohol motifs (C(OH)–C–C–N with tert-alkyl or cyclic N) is 1. The molecule has 0 aromatic heterocycles. The first-order valence-electron chi connectivity index (χ1n) is 8.90. The molecule has 132 valence electrons. The van der Waals surface area contributed by atoms with Crippen LogP contribution >= 0.6 is 0 Å². The summed E-state index contributed by atoms with van der Waals surface area (Å²) in [5, 5.41) is 10.4. The van der Waals surface area contributed by atoms with Crippen LogP contribution in [0.2, 0.25) is 0 Å². The quantitative estimate of drug-likeness (QED) is 0.864. The van der Waals surface area contributed by atoms with Crippen LogP contribution in [0.4, 0.5) is 0 Å². The Bertz CT molecular complexity index is 560. The molecule has 2 aliphatic rings. The number of methoxy groups -OCH3 is 1. The number of amides is 1. The van der Waals surface area contributed by atoms with E-state index in [0.29, 0.717) is 31.5 Å². The molecule has 0 bridgehead atoms. The Morgan fingerprint density at radius 3 is 2.67 bits per heavy atom. The molecule has 5 nitrogen and oxygen atoms in total. The van der Waals surface area contributed by atoms with Gasteiger partial charge in [-0.25, -0.2) is 0 Å². The zero-order valence-corrected chi connectivity index (χ0v) is 14.6. The summed E-state index contributed by atoms with van der Waals surface area (Å²) >= 11 is 0. The number of ether oxygens (including phenoxy) is 1. The Kier molecular flexibility index (Phi) is 5.41. The second-order valence-corrected chi connectivity index (χ2v) is 7.11. The summed E-state index contributed by atoms with van der Waals surface area (Å²) in [7, 11) is 1.68. The molecule has 2 saturated heterocycles. The highest BCUT2D eigenvalue weighted by atomic mass is 16.5. The zero-order chi connectivity index (χ0) is 17.1. The van der Waals surface area contributed by atoms with E-state index in [1.165, 1.54) is 5.56 Å². The SMILES string of the molecule is COc1ccc(C2CC(C)N(CC(O)CN3CCCC3=O)C2)cc1. The number of hydrogen-bond donors (Lipinski definition) is 1. The van der Waals surface area contributed by atoms with Gasteiger partial charge in [0.25, 0.3) is 0 Å². The van der Waals surface area contributed by atoms with Crippen LogP contribution in [0.15, 0.2) is 24.3 Å². The molecular formula is C19H28N2O3. The summed E-state index contributed by atoms with van der Waals surface area (Å²) in [6.45, 7) is 5.07. The normalized spacial score (nSPS) is 26.1. The fraction of sp³-hybridized carbons (Fsp3) is 0.632. The van der Waals surface area contributed by atoms with E-state index in [-0.39, 0.29) is 5.91 Å². The summed E-state index contributed by atoms with van der Waals surface area (Å²) < 4.78 is 5.22. The predicted octanol–water partition coefficient (Wildman–Crippen LogP) is 1.86. The molecule has 0 radical (unpaired) electrons. The molecule has 2 fully saturated rings. The number of carbonyl (C=O) groups is 1. The van der Waals surface area contributed by atoms with Crippen LogP contribution in [0, 0.1) is 0 Å². The molecular weight excluding hydrogens is 304 g/mol. The first-order chi connectivity index (χ1) is 11.6. The largest absolute Gasteiger partial charge is 0.497 e. The Balaban J connectivity index is 1.54.